The minimum absolute atomic E-state index is 0.285. The minimum Gasteiger partial charge on any atom is -0.481 e. The van der Waals surface area contributed by atoms with E-state index in [0.717, 1.165) is 0 Å². The Morgan fingerprint density at radius 2 is 1.80 bits per heavy atom. The van der Waals surface area contributed by atoms with Crippen molar-refractivity contribution >= 4 is 29.2 Å². The van der Waals surface area contributed by atoms with Crippen LogP contribution in [-0.2, 0) is 4.79 Å². The molecular weight excluding hydrogens is 280 g/mol. The number of carboxylic acid groups (broad SMARTS) is 1. The number of halogens is 1. The lowest BCUT2D eigenvalue weighted by Crippen LogP contribution is -2.56. The average Bonchev–Trinajstić information content (AvgIpc) is 2.31. The zero-order chi connectivity index (χ0) is 15.7. The van der Waals surface area contributed by atoms with Crippen LogP contribution < -0.4 is 11.1 Å². The Kier molecular flexibility index (Phi) is 4.34. The molecule has 0 aliphatic carbocycles. The Hall–Kier alpha value is -1.75. The van der Waals surface area contributed by atoms with Crippen LogP contribution in [0.5, 0.6) is 0 Å². The van der Waals surface area contributed by atoms with Gasteiger partial charge in [-0.05, 0) is 45.9 Å². The fourth-order valence-corrected chi connectivity index (χ4v) is 1.63. The van der Waals surface area contributed by atoms with Gasteiger partial charge in [0.1, 0.15) is 0 Å². The molecule has 110 valence electrons. The average molecular weight is 299 g/mol. The van der Waals surface area contributed by atoms with Crippen molar-refractivity contribution in [1.29, 1.82) is 0 Å². The number of carbonyl (C=O) groups is 2. The summed E-state index contributed by atoms with van der Waals surface area (Å²) in [6, 6.07) is 4.53. The summed E-state index contributed by atoms with van der Waals surface area (Å²) in [6.07, 6.45) is 0. The van der Waals surface area contributed by atoms with E-state index in [9.17, 15) is 14.7 Å². The predicted molar refractivity (Wildman–Crippen MR) is 78.8 cm³/mol. The van der Waals surface area contributed by atoms with Crippen molar-refractivity contribution in [2.45, 2.75) is 33.2 Å². The summed E-state index contributed by atoms with van der Waals surface area (Å²) in [5.41, 5.74) is 4.23. The molecule has 0 spiro atoms. The number of benzene rings is 1. The number of carbonyl (C=O) groups excluding carboxylic acids is 1. The smallest absolute Gasteiger partial charge is 0.311 e. The van der Waals surface area contributed by atoms with Crippen molar-refractivity contribution < 1.29 is 14.7 Å². The summed E-state index contributed by atoms with van der Waals surface area (Å²) in [4.78, 5) is 23.5. The summed E-state index contributed by atoms with van der Waals surface area (Å²) >= 11 is 5.87. The van der Waals surface area contributed by atoms with Crippen LogP contribution in [-0.4, -0.2) is 22.5 Å². The lowest BCUT2D eigenvalue weighted by atomic mass is 9.74. The first-order valence-corrected chi connectivity index (χ1v) is 6.48. The molecule has 0 radical (unpaired) electrons. The number of rotatable bonds is 4. The molecule has 0 bridgehead atoms. The van der Waals surface area contributed by atoms with Crippen LogP contribution >= 0.6 is 11.6 Å². The molecule has 0 saturated carbocycles. The van der Waals surface area contributed by atoms with Crippen LogP contribution in [0.1, 0.15) is 38.1 Å². The quantitative estimate of drug-likeness (QED) is 0.745. The monoisotopic (exact) mass is 298 g/mol. The third-order valence-electron chi connectivity index (χ3n) is 3.79. The molecule has 5 nitrogen and oxygen atoms in total. The molecule has 0 unspecified atom stereocenters. The molecule has 4 N–H and O–H groups in total. The SMILES string of the molecule is CC(C)(NC(=O)c1ccc(N)c(Cl)c1)C(C)(C)C(=O)O. The molecule has 0 aliphatic heterocycles. The zero-order valence-corrected chi connectivity index (χ0v) is 12.7. The Morgan fingerprint density at radius 3 is 2.25 bits per heavy atom. The molecule has 0 atom stereocenters. The lowest BCUT2D eigenvalue weighted by molar-refractivity contribution is -0.150. The molecule has 6 heteroatoms. The highest BCUT2D eigenvalue weighted by molar-refractivity contribution is 6.33. The maximum absolute atomic E-state index is 12.2. The summed E-state index contributed by atoms with van der Waals surface area (Å²) in [5.74, 6) is -1.38. The van der Waals surface area contributed by atoms with Crippen molar-refractivity contribution in [2.75, 3.05) is 5.73 Å². The molecule has 0 saturated heterocycles. The van der Waals surface area contributed by atoms with E-state index < -0.39 is 22.8 Å². The van der Waals surface area contributed by atoms with E-state index in [1.165, 1.54) is 12.1 Å². The highest BCUT2D eigenvalue weighted by Gasteiger charge is 2.44. The molecule has 0 aromatic heterocycles. The van der Waals surface area contributed by atoms with Crippen LogP contribution in [0.25, 0.3) is 0 Å². The van der Waals surface area contributed by atoms with Gasteiger partial charge in [0.15, 0.2) is 0 Å². The van der Waals surface area contributed by atoms with E-state index >= 15 is 0 Å². The number of nitrogens with two attached hydrogens (primary N) is 1. The lowest BCUT2D eigenvalue weighted by Gasteiger charge is -2.38. The highest BCUT2D eigenvalue weighted by Crippen LogP contribution is 2.31. The van der Waals surface area contributed by atoms with Gasteiger partial charge in [0, 0.05) is 5.56 Å². The number of hydrogen-bond acceptors (Lipinski definition) is 3. The second-order valence-electron chi connectivity index (χ2n) is 5.75. The van der Waals surface area contributed by atoms with Gasteiger partial charge in [-0.3, -0.25) is 9.59 Å². The highest BCUT2D eigenvalue weighted by atomic mass is 35.5. The standard InChI is InChI=1S/C14H19ClN2O3/c1-13(2,12(19)20)14(3,4)17-11(18)8-5-6-10(16)9(15)7-8/h5-7H,16H2,1-4H3,(H,17,18)(H,19,20). The number of hydrogen-bond donors (Lipinski definition) is 3. The maximum Gasteiger partial charge on any atom is 0.311 e. The van der Waals surface area contributed by atoms with Crippen LogP contribution in [0.15, 0.2) is 18.2 Å². The number of carboxylic acids is 1. The Morgan fingerprint density at radius 1 is 1.25 bits per heavy atom. The fraction of sp³-hybridized carbons (Fsp3) is 0.429. The van der Waals surface area contributed by atoms with Gasteiger partial charge in [-0.15, -0.1) is 0 Å². The van der Waals surface area contributed by atoms with E-state index in [1.807, 2.05) is 0 Å². The van der Waals surface area contributed by atoms with Gasteiger partial charge in [-0.2, -0.15) is 0 Å². The second kappa shape index (κ2) is 5.32. The van der Waals surface area contributed by atoms with E-state index in [-0.39, 0.29) is 5.02 Å². The molecule has 1 amide bonds. The topological polar surface area (TPSA) is 92.4 Å². The van der Waals surface area contributed by atoms with Gasteiger partial charge in [0.2, 0.25) is 0 Å². The Bertz CT molecular complexity index is 553. The third-order valence-corrected chi connectivity index (χ3v) is 4.11. The van der Waals surface area contributed by atoms with Gasteiger partial charge < -0.3 is 16.2 Å². The number of amides is 1. The molecule has 0 fully saturated rings. The number of anilines is 1. The number of nitrogen functional groups attached to an aromatic ring is 1. The molecular formula is C14H19ClN2O3. The predicted octanol–water partition coefficient (Wildman–Crippen LogP) is 2.54. The van der Waals surface area contributed by atoms with Crippen LogP contribution in [0.4, 0.5) is 5.69 Å². The summed E-state index contributed by atoms with van der Waals surface area (Å²) in [5, 5.41) is 12.3. The van der Waals surface area contributed by atoms with Crippen molar-refractivity contribution in [3.05, 3.63) is 28.8 Å². The molecule has 0 aliphatic rings. The molecule has 0 heterocycles. The van der Waals surface area contributed by atoms with Gasteiger partial charge in [-0.1, -0.05) is 11.6 Å². The van der Waals surface area contributed by atoms with E-state index in [0.29, 0.717) is 11.3 Å². The third kappa shape index (κ3) is 3.04. The van der Waals surface area contributed by atoms with Crippen molar-refractivity contribution in [3.63, 3.8) is 0 Å². The molecule has 1 rings (SSSR count). The van der Waals surface area contributed by atoms with Crippen molar-refractivity contribution in [1.82, 2.24) is 5.32 Å². The zero-order valence-electron chi connectivity index (χ0n) is 12.0. The van der Waals surface area contributed by atoms with Crippen LogP contribution in [0.3, 0.4) is 0 Å². The molecule has 1 aromatic carbocycles. The first kappa shape index (κ1) is 16.3. The number of nitrogens with one attached hydrogen (secondary N) is 1. The van der Waals surface area contributed by atoms with Crippen LogP contribution in [0.2, 0.25) is 5.02 Å². The molecule has 1 aromatic rings. The first-order chi connectivity index (χ1) is 8.99. The van der Waals surface area contributed by atoms with Gasteiger partial charge in [-0.25, -0.2) is 0 Å². The first-order valence-electron chi connectivity index (χ1n) is 6.10. The van der Waals surface area contributed by atoms with E-state index in [1.54, 1.807) is 33.8 Å². The second-order valence-corrected chi connectivity index (χ2v) is 6.15. The van der Waals surface area contributed by atoms with E-state index in [4.69, 9.17) is 17.3 Å². The summed E-state index contributed by atoms with van der Waals surface area (Å²) in [7, 11) is 0. The number of aliphatic carboxylic acids is 1. The normalized spacial score (nSPS) is 12.1. The van der Waals surface area contributed by atoms with Gasteiger partial charge in [0.05, 0.1) is 21.7 Å². The summed E-state index contributed by atoms with van der Waals surface area (Å²) in [6.45, 7) is 6.45. The fourth-order valence-electron chi connectivity index (χ4n) is 1.45. The van der Waals surface area contributed by atoms with E-state index in [2.05, 4.69) is 5.32 Å². The van der Waals surface area contributed by atoms with Gasteiger partial charge >= 0.3 is 5.97 Å². The van der Waals surface area contributed by atoms with Crippen LogP contribution in [0, 0.1) is 5.41 Å². The summed E-state index contributed by atoms with van der Waals surface area (Å²) < 4.78 is 0. The van der Waals surface area contributed by atoms with Gasteiger partial charge in [0.25, 0.3) is 5.91 Å². The Labute approximate surface area is 123 Å². The van der Waals surface area contributed by atoms with Crippen molar-refractivity contribution in [2.24, 2.45) is 5.41 Å². The minimum atomic E-state index is -1.12. The Balaban J connectivity index is 3.00. The molecule has 20 heavy (non-hydrogen) atoms. The largest absolute Gasteiger partial charge is 0.481 e. The maximum atomic E-state index is 12.2. The van der Waals surface area contributed by atoms with Crippen molar-refractivity contribution in [3.8, 4) is 0 Å².